The van der Waals surface area contributed by atoms with Gasteiger partial charge >= 0.3 is 0 Å². The highest BCUT2D eigenvalue weighted by molar-refractivity contribution is 7.10. The maximum absolute atomic E-state index is 11.9. The topological polar surface area (TPSA) is 32.3 Å². The van der Waals surface area contributed by atoms with E-state index in [0.29, 0.717) is 0 Å². The SMILES string of the molecule is CC(=O)N1c2ccsc2C(Nc2ccc(Cl)cc2)CC1C. The third kappa shape index (κ3) is 2.78. The number of nitrogens with zero attached hydrogens (tertiary/aromatic N) is 1. The number of amides is 1. The second kappa shape index (κ2) is 5.70. The number of rotatable bonds is 2. The molecule has 0 radical (unpaired) electrons. The zero-order valence-corrected chi connectivity index (χ0v) is 13.5. The number of hydrogen-bond donors (Lipinski definition) is 1. The predicted molar refractivity (Wildman–Crippen MR) is 89.4 cm³/mol. The molecule has 0 bridgehead atoms. The van der Waals surface area contributed by atoms with Crippen LogP contribution in [-0.4, -0.2) is 11.9 Å². The molecule has 1 aromatic heterocycles. The molecule has 0 saturated carbocycles. The first-order valence-electron chi connectivity index (χ1n) is 6.95. The summed E-state index contributed by atoms with van der Waals surface area (Å²) in [6.45, 7) is 3.73. The fraction of sp³-hybridized carbons (Fsp3) is 0.312. The summed E-state index contributed by atoms with van der Waals surface area (Å²) < 4.78 is 0. The van der Waals surface area contributed by atoms with E-state index < -0.39 is 0 Å². The average Bonchev–Trinajstić information content (AvgIpc) is 2.90. The van der Waals surface area contributed by atoms with Gasteiger partial charge in [-0.3, -0.25) is 4.79 Å². The van der Waals surface area contributed by atoms with Crippen molar-refractivity contribution >= 4 is 40.2 Å². The lowest BCUT2D eigenvalue weighted by Crippen LogP contribution is -2.42. The minimum atomic E-state index is 0.104. The van der Waals surface area contributed by atoms with Crippen molar-refractivity contribution in [3.05, 3.63) is 45.6 Å². The fourth-order valence-corrected chi connectivity index (χ4v) is 3.99. The molecule has 1 N–H and O–H groups in total. The number of hydrogen-bond acceptors (Lipinski definition) is 3. The highest BCUT2D eigenvalue weighted by Crippen LogP contribution is 2.42. The lowest BCUT2D eigenvalue weighted by atomic mass is 9.98. The molecule has 5 heteroatoms. The third-order valence-electron chi connectivity index (χ3n) is 3.79. The Balaban J connectivity index is 1.89. The van der Waals surface area contributed by atoms with Gasteiger partial charge in [0.15, 0.2) is 0 Å². The summed E-state index contributed by atoms with van der Waals surface area (Å²) in [6.07, 6.45) is 0.899. The molecule has 1 aromatic carbocycles. The van der Waals surface area contributed by atoms with Crippen LogP contribution in [0.4, 0.5) is 11.4 Å². The van der Waals surface area contributed by atoms with E-state index in [9.17, 15) is 4.79 Å². The van der Waals surface area contributed by atoms with Gasteiger partial charge in [-0.25, -0.2) is 0 Å². The van der Waals surface area contributed by atoms with Crippen molar-refractivity contribution in [3.8, 4) is 0 Å². The first-order valence-corrected chi connectivity index (χ1v) is 8.21. The van der Waals surface area contributed by atoms with Gasteiger partial charge < -0.3 is 10.2 Å². The van der Waals surface area contributed by atoms with Gasteiger partial charge in [0, 0.05) is 23.7 Å². The van der Waals surface area contributed by atoms with Gasteiger partial charge in [0.25, 0.3) is 0 Å². The summed E-state index contributed by atoms with van der Waals surface area (Å²) >= 11 is 7.62. The standard InChI is InChI=1S/C16H17ClN2OS/c1-10-9-14(18-13-5-3-12(17)4-6-13)16-15(7-8-21-16)19(10)11(2)20/h3-8,10,14,18H,9H2,1-2H3. The minimum Gasteiger partial charge on any atom is -0.377 e. The molecule has 1 aliphatic rings. The number of fused-ring (bicyclic) bond motifs is 1. The Hall–Kier alpha value is -1.52. The molecule has 1 amide bonds. The van der Waals surface area contributed by atoms with E-state index in [1.807, 2.05) is 35.2 Å². The van der Waals surface area contributed by atoms with Crippen LogP contribution in [0.5, 0.6) is 0 Å². The van der Waals surface area contributed by atoms with Crippen LogP contribution in [0.25, 0.3) is 0 Å². The van der Waals surface area contributed by atoms with E-state index in [0.717, 1.165) is 22.8 Å². The zero-order valence-electron chi connectivity index (χ0n) is 12.0. The summed E-state index contributed by atoms with van der Waals surface area (Å²) in [4.78, 5) is 15.0. The Labute approximate surface area is 133 Å². The van der Waals surface area contributed by atoms with Crippen molar-refractivity contribution in [2.24, 2.45) is 0 Å². The third-order valence-corrected chi connectivity index (χ3v) is 5.06. The average molecular weight is 321 g/mol. The molecule has 2 atom stereocenters. The van der Waals surface area contributed by atoms with E-state index in [1.54, 1.807) is 18.3 Å². The summed E-state index contributed by atoms with van der Waals surface area (Å²) in [5.74, 6) is 0.104. The van der Waals surface area contributed by atoms with Crippen LogP contribution in [-0.2, 0) is 4.79 Å². The molecule has 0 fully saturated rings. The van der Waals surface area contributed by atoms with Crippen molar-refractivity contribution in [2.45, 2.75) is 32.4 Å². The number of thiophene rings is 1. The first-order chi connectivity index (χ1) is 10.1. The number of nitrogens with one attached hydrogen (secondary N) is 1. The van der Waals surface area contributed by atoms with Gasteiger partial charge in [0.1, 0.15) is 0 Å². The number of benzene rings is 1. The monoisotopic (exact) mass is 320 g/mol. The van der Waals surface area contributed by atoms with Gasteiger partial charge in [-0.05, 0) is 49.1 Å². The number of carbonyl (C=O) groups excluding carboxylic acids is 1. The Morgan fingerprint density at radius 2 is 2.05 bits per heavy atom. The molecule has 1 aliphatic heterocycles. The van der Waals surface area contributed by atoms with Gasteiger partial charge in [0.2, 0.25) is 5.91 Å². The molecule has 2 unspecified atom stereocenters. The fourth-order valence-electron chi connectivity index (χ4n) is 2.92. The molecule has 21 heavy (non-hydrogen) atoms. The largest absolute Gasteiger partial charge is 0.377 e. The number of carbonyl (C=O) groups is 1. The quantitative estimate of drug-likeness (QED) is 0.869. The molecule has 3 rings (SSSR count). The Kier molecular flexibility index (Phi) is 3.91. The predicted octanol–water partition coefficient (Wildman–Crippen LogP) is 4.70. The van der Waals surface area contributed by atoms with Gasteiger partial charge in [0.05, 0.1) is 16.6 Å². The van der Waals surface area contributed by atoms with Gasteiger partial charge in [-0.2, -0.15) is 0 Å². The highest BCUT2D eigenvalue weighted by atomic mass is 35.5. The molecule has 2 aromatic rings. The number of halogens is 1. The maximum Gasteiger partial charge on any atom is 0.224 e. The van der Waals surface area contributed by atoms with Crippen LogP contribution in [0.15, 0.2) is 35.7 Å². The molecule has 2 heterocycles. The van der Waals surface area contributed by atoms with Crippen LogP contribution in [0.1, 0.15) is 31.2 Å². The van der Waals surface area contributed by atoms with E-state index in [-0.39, 0.29) is 18.0 Å². The smallest absolute Gasteiger partial charge is 0.224 e. The first kappa shape index (κ1) is 14.4. The molecular formula is C16H17ClN2OS. The van der Waals surface area contributed by atoms with Crippen LogP contribution in [0.2, 0.25) is 5.02 Å². The van der Waals surface area contributed by atoms with Crippen LogP contribution in [0.3, 0.4) is 0 Å². The number of anilines is 2. The van der Waals surface area contributed by atoms with E-state index >= 15 is 0 Å². The van der Waals surface area contributed by atoms with E-state index in [4.69, 9.17) is 11.6 Å². The molecule has 0 spiro atoms. The van der Waals surface area contributed by atoms with Crippen molar-refractivity contribution in [3.63, 3.8) is 0 Å². The lowest BCUT2D eigenvalue weighted by Gasteiger charge is -2.37. The molecule has 0 saturated heterocycles. The van der Waals surface area contributed by atoms with Crippen molar-refractivity contribution in [1.82, 2.24) is 0 Å². The van der Waals surface area contributed by atoms with Crippen LogP contribution >= 0.6 is 22.9 Å². The van der Waals surface area contributed by atoms with E-state index in [1.165, 1.54) is 4.88 Å². The van der Waals surface area contributed by atoms with Crippen LogP contribution in [0, 0.1) is 0 Å². The normalized spacial score (nSPS) is 21.0. The molecule has 0 aliphatic carbocycles. The Morgan fingerprint density at radius 1 is 1.33 bits per heavy atom. The van der Waals surface area contributed by atoms with Crippen molar-refractivity contribution in [1.29, 1.82) is 0 Å². The van der Waals surface area contributed by atoms with Crippen molar-refractivity contribution < 1.29 is 4.79 Å². The van der Waals surface area contributed by atoms with Gasteiger partial charge in [-0.1, -0.05) is 11.6 Å². The minimum absolute atomic E-state index is 0.104. The zero-order chi connectivity index (χ0) is 15.0. The second-order valence-electron chi connectivity index (χ2n) is 5.35. The maximum atomic E-state index is 11.9. The Bertz CT molecular complexity index is 653. The summed E-state index contributed by atoms with van der Waals surface area (Å²) in [6, 6.07) is 10.2. The van der Waals surface area contributed by atoms with E-state index in [2.05, 4.69) is 17.6 Å². The molecular weight excluding hydrogens is 304 g/mol. The molecule has 110 valence electrons. The van der Waals surface area contributed by atoms with Crippen molar-refractivity contribution in [2.75, 3.05) is 10.2 Å². The van der Waals surface area contributed by atoms with Gasteiger partial charge in [-0.15, -0.1) is 11.3 Å². The lowest BCUT2D eigenvalue weighted by molar-refractivity contribution is -0.117. The summed E-state index contributed by atoms with van der Waals surface area (Å²) in [5.41, 5.74) is 2.09. The Morgan fingerprint density at radius 3 is 2.71 bits per heavy atom. The second-order valence-corrected chi connectivity index (χ2v) is 6.73. The summed E-state index contributed by atoms with van der Waals surface area (Å²) in [7, 11) is 0. The molecule has 3 nitrogen and oxygen atoms in total. The highest BCUT2D eigenvalue weighted by Gasteiger charge is 2.33. The summed E-state index contributed by atoms with van der Waals surface area (Å²) in [5, 5.41) is 6.34. The van der Waals surface area contributed by atoms with Crippen LogP contribution < -0.4 is 10.2 Å².